The molecule has 1 amide bonds. The van der Waals surface area contributed by atoms with Gasteiger partial charge in [0.25, 0.3) is 0 Å². The van der Waals surface area contributed by atoms with Gasteiger partial charge in [0.15, 0.2) is 0 Å². The lowest BCUT2D eigenvalue weighted by atomic mass is 10.0. The van der Waals surface area contributed by atoms with Gasteiger partial charge in [-0.2, -0.15) is 5.10 Å². The fraction of sp³-hybridized carbons (Fsp3) is 0.565. The number of benzene rings is 1. The van der Waals surface area contributed by atoms with Crippen LogP contribution >= 0.6 is 11.6 Å². The Kier molecular flexibility index (Phi) is 5.98. The van der Waals surface area contributed by atoms with Crippen molar-refractivity contribution in [3.8, 4) is 5.69 Å². The van der Waals surface area contributed by atoms with Crippen molar-refractivity contribution in [2.75, 3.05) is 13.1 Å². The van der Waals surface area contributed by atoms with E-state index in [0.717, 1.165) is 56.7 Å². The van der Waals surface area contributed by atoms with Gasteiger partial charge in [0, 0.05) is 42.1 Å². The van der Waals surface area contributed by atoms with Crippen molar-refractivity contribution in [3.63, 3.8) is 0 Å². The van der Waals surface area contributed by atoms with E-state index in [1.54, 1.807) is 0 Å². The van der Waals surface area contributed by atoms with Crippen molar-refractivity contribution in [2.45, 2.75) is 65.6 Å². The molecule has 29 heavy (non-hydrogen) atoms. The molecule has 6 heteroatoms. The lowest BCUT2D eigenvalue weighted by molar-refractivity contribution is -0.135. The van der Waals surface area contributed by atoms with Gasteiger partial charge >= 0.3 is 0 Å². The van der Waals surface area contributed by atoms with Gasteiger partial charge in [0.05, 0.1) is 23.6 Å². The summed E-state index contributed by atoms with van der Waals surface area (Å²) in [6.45, 7) is 9.86. The molecule has 5 nitrogen and oxygen atoms in total. The molecule has 156 valence electrons. The van der Waals surface area contributed by atoms with Crippen LogP contribution in [0.5, 0.6) is 0 Å². The molecule has 1 aliphatic heterocycles. The first-order valence-electron chi connectivity index (χ1n) is 10.9. The summed E-state index contributed by atoms with van der Waals surface area (Å²) >= 11 is 6.26. The number of amides is 1. The summed E-state index contributed by atoms with van der Waals surface area (Å²) in [5.74, 6) is 0.248. The summed E-state index contributed by atoms with van der Waals surface area (Å²) in [4.78, 5) is 17.4. The van der Waals surface area contributed by atoms with Gasteiger partial charge in [-0.1, -0.05) is 38.4 Å². The highest BCUT2D eigenvalue weighted by Gasteiger charge is 2.35. The summed E-state index contributed by atoms with van der Waals surface area (Å²) in [7, 11) is 0. The summed E-state index contributed by atoms with van der Waals surface area (Å²) in [6.07, 6.45) is 4.33. The summed E-state index contributed by atoms with van der Waals surface area (Å²) < 4.78 is 2.06. The molecule has 1 aromatic carbocycles. The Morgan fingerprint density at radius 2 is 2.14 bits per heavy atom. The van der Waals surface area contributed by atoms with E-state index in [4.69, 9.17) is 16.7 Å². The zero-order valence-electron chi connectivity index (χ0n) is 17.7. The van der Waals surface area contributed by atoms with E-state index in [1.807, 2.05) is 32.0 Å². The Morgan fingerprint density at radius 3 is 2.79 bits per heavy atom. The first-order valence-corrected chi connectivity index (χ1v) is 11.2. The SMILES string of the molecule is CCCN1CCc2c(c(CN(C(=O)C(C)C)C3CC3)nn2-c2cccc(Cl)c2)C1. The normalized spacial score (nSPS) is 16.9. The molecule has 0 N–H and O–H groups in total. The molecule has 1 aromatic heterocycles. The standard InChI is InChI=1S/C23H31ClN4O/c1-4-11-26-12-10-22-20(14-26)21(15-27(18-8-9-18)23(29)16(2)3)25-28(22)19-7-5-6-17(24)13-19/h5-7,13,16,18H,4,8-12,14-15H2,1-3H3. The molecule has 4 rings (SSSR count). The minimum atomic E-state index is 0.0121. The van der Waals surface area contributed by atoms with Crippen LogP contribution in [0.4, 0.5) is 0 Å². The molecule has 1 fully saturated rings. The Bertz CT molecular complexity index is 887. The predicted octanol–water partition coefficient (Wildman–Crippen LogP) is 4.44. The average Bonchev–Trinajstić information content (AvgIpc) is 3.48. The molecule has 2 aromatic rings. The highest BCUT2D eigenvalue weighted by atomic mass is 35.5. The Labute approximate surface area is 178 Å². The lowest BCUT2D eigenvalue weighted by Crippen LogP contribution is -2.36. The minimum Gasteiger partial charge on any atom is -0.334 e. The van der Waals surface area contributed by atoms with Crippen LogP contribution in [0, 0.1) is 5.92 Å². The Balaban J connectivity index is 1.71. The number of aromatic nitrogens is 2. The molecule has 2 heterocycles. The quantitative estimate of drug-likeness (QED) is 0.672. The van der Waals surface area contributed by atoms with Gasteiger partial charge < -0.3 is 4.90 Å². The second kappa shape index (κ2) is 8.49. The van der Waals surface area contributed by atoms with Gasteiger partial charge in [-0.15, -0.1) is 0 Å². The van der Waals surface area contributed by atoms with Crippen LogP contribution in [0.15, 0.2) is 24.3 Å². The van der Waals surface area contributed by atoms with Crippen LogP contribution < -0.4 is 0 Å². The zero-order chi connectivity index (χ0) is 20.5. The highest BCUT2D eigenvalue weighted by Crippen LogP contribution is 2.32. The largest absolute Gasteiger partial charge is 0.334 e. The van der Waals surface area contributed by atoms with Crippen LogP contribution in [0.2, 0.25) is 5.02 Å². The van der Waals surface area contributed by atoms with E-state index in [1.165, 1.54) is 11.3 Å². The van der Waals surface area contributed by atoms with Crippen molar-refractivity contribution in [1.82, 2.24) is 19.6 Å². The van der Waals surface area contributed by atoms with Crippen molar-refractivity contribution in [3.05, 3.63) is 46.2 Å². The van der Waals surface area contributed by atoms with Gasteiger partial charge in [-0.05, 0) is 44.0 Å². The van der Waals surface area contributed by atoms with Gasteiger partial charge in [-0.3, -0.25) is 9.69 Å². The number of fused-ring (bicyclic) bond motifs is 1. The first-order chi connectivity index (χ1) is 14.0. The predicted molar refractivity (Wildman–Crippen MR) is 116 cm³/mol. The maximum atomic E-state index is 12.8. The first kappa shape index (κ1) is 20.4. The number of halogens is 1. The van der Waals surface area contributed by atoms with Gasteiger partial charge in [0.2, 0.25) is 5.91 Å². The van der Waals surface area contributed by atoms with Gasteiger partial charge in [0.1, 0.15) is 0 Å². The maximum Gasteiger partial charge on any atom is 0.225 e. The van der Waals surface area contributed by atoms with Crippen LogP contribution in [0.3, 0.4) is 0 Å². The number of carbonyl (C=O) groups is 1. The second-order valence-corrected chi connectivity index (χ2v) is 9.08. The number of hydrogen-bond acceptors (Lipinski definition) is 3. The average molecular weight is 415 g/mol. The lowest BCUT2D eigenvalue weighted by Gasteiger charge is -2.28. The molecular weight excluding hydrogens is 384 g/mol. The molecular formula is C23H31ClN4O. The van der Waals surface area contributed by atoms with Crippen molar-refractivity contribution < 1.29 is 4.79 Å². The maximum absolute atomic E-state index is 12.8. The fourth-order valence-electron chi connectivity index (χ4n) is 4.26. The minimum absolute atomic E-state index is 0.0121. The van der Waals surface area contributed by atoms with Crippen LogP contribution in [0.1, 0.15) is 57.0 Å². The van der Waals surface area contributed by atoms with Crippen LogP contribution in [0.25, 0.3) is 5.69 Å². The molecule has 0 saturated heterocycles. The van der Waals surface area contributed by atoms with Crippen molar-refractivity contribution >= 4 is 17.5 Å². The Hall–Kier alpha value is -1.85. The third-order valence-corrected chi connectivity index (χ3v) is 6.13. The van der Waals surface area contributed by atoms with Crippen LogP contribution in [-0.2, 0) is 24.3 Å². The van der Waals surface area contributed by atoms with E-state index in [-0.39, 0.29) is 11.8 Å². The molecule has 0 radical (unpaired) electrons. The van der Waals surface area contributed by atoms with E-state index in [0.29, 0.717) is 17.6 Å². The topological polar surface area (TPSA) is 41.4 Å². The van der Waals surface area contributed by atoms with Crippen molar-refractivity contribution in [2.24, 2.45) is 5.92 Å². The number of rotatable bonds is 7. The molecule has 0 unspecified atom stereocenters. The molecule has 1 saturated carbocycles. The molecule has 0 bridgehead atoms. The van der Waals surface area contributed by atoms with E-state index < -0.39 is 0 Å². The van der Waals surface area contributed by atoms with E-state index in [9.17, 15) is 4.79 Å². The van der Waals surface area contributed by atoms with Crippen LogP contribution in [-0.4, -0.2) is 44.6 Å². The smallest absolute Gasteiger partial charge is 0.225 e. The fourth-order valence-corrected chi connectivity index (χ4v) is 4.45. The number of carbonyl (C=O) groups excluding carboxylic acids is 1. The van der Waals surface area contributed by atoms with Crippen molar-refractivity contribution in [1.29, 1.82) is 0 Å². The second-order valence-electron chi connectivity index (χ2n) is 8.64. The third-order valence-electron chi connectivity index (χ3n) is 5.90. The summed E-state index contributed by atoms with van der Waals surface area (Å²) in [5.41, 5.74) is 4.60. The van der Waals surface area contributed by atoms with Gasteiger partial charge in [-0.25, -0.2) is 4.68 Å². The molecule has 0 atom stereocenters. The molecule has 0 spiro atoms. The third kappa shape index (κ3) is 4.36. The summed E-state index contributed by atoms with van der Waals surface area (Å²) in [6, 6.07) is 8.26. The number of nitrogens with zero attached hydrogens (tertiary/aromatic N) is 4. The molecule has 1 aliphatic carbocycles. The number of hydrogen-bond donors (Lipinski definition) is 0. The Morgan fingerprint density at radius 1 is 1.34 bits per heavy atom. The monoisotopic (exact) mass is 414 g/mol. The summed E-state index contributed by atoms with van der Waals surface area (Å²) in [5, 5.41) is 5.74. The van der Waals surface area contributed by atoms with E-state index in [2.05, 4.69) is 27.5 Å². The zero-order valence-corrected chi connectivity index (χ0v) is 18.5. The van der Waals surface area contributed by atoms with E-state index >= 15 is 0 Å². The highest BCUT2D eigenvalue weighted by molar-refractivity contribution is 6.30. The molecule has 2 aliphatic rings.